The van der Waals surface area contributed by atoms with E-state index in [0.717, 1.165) is 0 Å². The van der Waals surface area contributed by atoms with Gasteiger partial charge in [-0.1, -0.05) is 109 Å². The number of carbonyl (C=O) groups excluding carboxylic acids is 2. The van der Waals surface area contributed by atoms with Gasteiger partial charge < -0.3 is 10.2 Å². The third-order valence-corrected chi connectivity index (χ3v) is 4.42. The summed E-state index contributed by atoms with van der Waals surface area (Å²) in [5, 5.41) is 22.0. The Bertz CT molecular complexity index is 1500. The lowest BCUT2D eigenvalue weighted by atomic mass is 9.91. The highest BCUT2D eigenvalue weighted by Gasteiger charge is 2.19. The highest BCUT2D eigenvalue weighted by atomic mass is 16.3. The molecule has 0 heterocycles. The number of hydrogen-bond acceptors (Lipinski definition) is 4. The van der Waals surface area contributed by atoms with E-state index in [0.29, 0.717) is 23.7 Å². The summed E-state index contributed by atoms with van der Waals surface area (Å²) in [7, 11) is 0. The zero-order chi connectivity index (χ0) is 31.5. The van der Waals surface area contributed by atoms with Gasteiger partial charge in [0.05, 0.1) is 13.7 Å². The van der Waals surface area contributed by atoms with Gasteiger partial charge in [0.2, 0.25) is 0 Å². The maximum atomic E-state index is 11.0. The van der Waals surface area contributed by atoms with Gasteiger partial charge in [-0.25, -0.2) is 0 Å². The number of hydrogen-bond donors (Lipinski definition) is 2. The van der Waals surface area contributed by atoms with Gasteiger partial charge in [-0.15, -0.1) is 0 Å². The van der Waals surface area contributed by atoms with Gasteiger partial charge in [-0.3, -0.25) is 9.59 Å². The van der Waals surface area contributed by atoms with Crippen LogP contribution in [-0.4, -0.2) is 22.8 Å². The SMILES string of the molecule is O=Cc1ccccc1C=O.[2H]c1c([2H])c([2H])c(C(O)c2ccccc2C(O)c2c([2H])c([2H])c([2H])c([2H])c2[2H])c([2H])c1[2H]. The molecule has 0 saturated carbocycles. The van der Waals surface area contributed by atoms with E-state index in [1.165, 1.54) is 24.3 Å². The van der Waals surface area contributed by atoms with Crippen LogP contribution in [0.5, 0.6) is 0 Å². The Morgan fingerprint density at radius 3 is 1.28 bits per heavy atom. The molecule has 0 aromatic heterocycles. The average Bonchev–Trinajstić information content (AvgIpc) is 3.01. The van der Waals surface area contributed by atoms with Crippen molar-refractivity contribution in [3.63, 3.8) is 0 Å². The van der Waals surface area contributed by atoms with Crippen LogP contribution >= 0.6 is 0 Å². The third kappa shape index (κ3) is 5.64. The molecule has 160 valence electrons. The van der Waals surface area contributed by atoms with Gasteiger partial charge in [0.1, 0.15) is 12.2 Å². The monoisotopic (exact) mass is 434 g/mol. The molecule has 4 rings (SSSR count). The highest BCUT2D eigenvalue weighted by molar-refractivity contribution is 5.90. The van der Waals surface area contributed by atoms with Crippen molar-refractivity contribution < 1.29 is 33.5 Å². The van der Waals surface area contributed by atoms with E-state index in [2.05, 4.69) is 0 Å². The predicted molar refractivity (Wildman–Crippen MR) is 125 cm³/mol. The molecule has 4 nitrogen and oxygen atoms in total. The van der Waals surface area contributed by atoms with Crippen molar-refractivity contribution in [2.75, 3.05) is 0 Å². The van der Waals surface area contributed by atoms with Crippen LogP contribution in [0.25, 0.3) is 0 Å². The summed E-state index contributed by atoms with van der Waals surface area (Å²) in [6, 6.07) is 6.11. The quantitative estimate of drug-likeness (QED) is 0.411. The number of benzene rings is 4. The van der Waals surface area contributed by atoms with Crippen LogP contribution in [0.1, 0.15) is 68.9 Å². The first-order valence-corrected chi connectivity index (χ1v) is 9.37. The Morgan fingerprint density at radius 2 is 0.938 bits per heavy atom. The summed E-state index contributed by atoms with van der Waals surface area (Å²) >= 11 is 0. The Morgan fingerprint density at radius 1 is 0.594 bits per heavy atom. The van der Waals surface area contributed by atoms with E-state index in [9.17, 15) is 19.8 Å². The normalized spacial score (nSPS) is 16.4. The van der Waals surface area contributed by atoms with E-state index in [1.54, 1.807) is 24.3 Å². The minimum atomic E-state index is -1.75. The maximum Gasteiger partial charge on any atom is 0.150 e. The van der Waals surface area contributed by atoms with Crippen molar-refractivity contribution in [1.29, 1.82) is 0 Å². The highest BCUT2D eigenvalue weighted by Crippen LogP contribution is 2.31. The molecule has 4 heteroatoms. The van der Waals surface area contributed by atoms with E-state index in [4.69, 9.17) is 13.7 Å². The lowest BCUT2D eigenvalue weighted by Crippen LogP contribution is -2.08. The summed E-state index contributed by atoms with van der Waals surface area (Å²) in [6.45, 7) is 0. The number of rotatable bonds is 6. The summed E-state index contributed by atoms with van der Waals surface area (Å²) in [5.74, 6) is 0. The Kier molecular flexibility index (Phi) is 4.63. The average molecular weight is 435 g/mol. The van der Waals surface area contributed by atoms with Crippen LogP contribution in [0.15, 0.2) is 109 Å². The second kappa shape index (κ2) is 11.5. The van der Waals surface area contributed by atoms with Crippen LogP contribution in [0.4, 0.5) is 0 Å². The van der Waals surface area contributed by atoms with Crippen LogP contribution in [0.3, 0.4) is 0 Å². The Hall–Kier alpha value is -3.86. The molecule has 0 amide bonds. The van der Waals surface area contributed by atoms with Crippen molar-refractivity contribution in [2.45, 2.75) is 12.2 Å². The summed E-state index contributed by atoms with van der Waals surface area (Å²) < 4.78 is 79.0. The van der Waals surface area contributed by atoms with Crippen molar-refractivity contribution in [1.82, 2.24) is 0 Å². The topological polar surface area (TPSA) is 74.6 Å². The third-order valence-electron chi connectivity index (χ3n) is 4.42. The smallest absolute Gasteiger partial charge is 0.150 e. The van der Waals surface area contributed by atoms with E-state index >= 15 is 0 Å². The van der Waals surface area contributed by atoms with Crippen LogP contribution in [0.2, 0.25) is 0 Å². The standard InChI is InChI=1S/C20H18O2.C8H6O2/c21-19(15-9-3-1-4-10-15)17-13-7-8-14-18(17)20(22)16-11-5-2-6-12-16;9-5-7-3-1-2-4-8(7)6-10/h1-14,19-22H;1-6H/i1D,2D,3D,4D,5D,6D,9D,10D,11D,12D;. The van der Waals surface area contributed by atoms with Gasteiger partial charge in [0, 0.05) is 11.1 Å². The molecule has 4 aromatic carbocycles. The van der Waals surface area contributed by atoms with Crippen LogP contribution in [-0.2, 0) is 0 Å². The van der Waals surface area contributed by atoms with Crippen molar-refractivity contribution in [2.24, 2.45) is 0 Å². The first kappa shape index (κ1) is 12.9. The fourth-order valence-corrected chi connectivity index (χ4v) is 2.84. The number of aldehydes is 2. The second-order valence-corrected chi connectivity index (χ2v) is 6.38. The van der Waals surface area contributed by atoms with E-state index < -0.39 is 83.8 Å². The summed E-state index contributed by atoms with van der Waals surface area (Å²) in [6.07, 6.45) is -2.16. The molecular formula is C28H24O4. The fraction of sp³-hybridized carbons (Fsp3) is 0.0714. The number of carbonyl (C=O) groups is 2. The van der Waals surface area contributed by atoms with Crippen molar-refractivity contribution >= 4 is 12.6 Å². The summed E-state index contributed by atoms with van der Waals surface area (Å²) in [4.78, 5) is 20.5. The number of aliphatic hydroxyl groups is 2. The van der Waals surface area contributed by atoms with Gasteiger partial charge in [0.25, 0.3) is 0 Å². The van der Waals surface area contributed by atoms with Gasteiger partial charge in [-0.05, 0) is 22.3 Å². The molecule has 0 aliphatic heterocycles. The molecule has 0 bridgehead atoms. The summed E-state index contributed by atoms with van der Waals surface area (Å²) in [5.41, 5.74) is -0.000828. The molecule has 2 unspecified atom stereocenters. The van der Waals surface area contributed by atoms with Gasteiger partial charge in [0.15, 0.2) is 12.6 Å². The zero-order valence-corrected chi connectivity index (χ0v) is 16.6. The molecule has 0 radical (unpaired) electrons. The molecule has 32 heavy (non-hydrogen) atoms. The van der Waals surface area contributed by atoms with Crippen LogP contribution < -0.4 is 0 Å². The van der Waals surface area contributed by atoms with E-state index in [-0.39, 0.29) is 11.1 Å². The molecule has 2 N–H and O–H groups in total. The van der Waals surface area contributed by atoms with E-state index in [1.807, 2.05) is 0 Å². The Labute approximate surface area is 201 Å². The lowest BCUT2D eigenvalue weighted by Gasteiger charge is -2.20. The predicted octanol–water partition coefficient (Wildman–Crippen LogP) is 5.16. The maximum absolute atomic E-state index is 11.0. The van der Waals surface area contributed by atoms with Crippen molar-refractivity contribution in [3.05, 3.63) is 142 Å². The minimum absolute atomic E-state index is 0.0367. The van der Waals surface area contributed by atoms with Gasteiger partial charge in [-0.2, -0.15) is 0 Å². The lowest BCUT2D eigenvalue weighted by molar-refractivity contribution is 0.109. The molecular weight excluding hydrogens is 400 g/mol. The molecule has 0 saturated heterocycles. The minimum Gasteiger partial charge on any atom is -0.384 e. The van der Waals surface area contributed by atoms with Crippen LogP contribution in [0, 0.1) is 0 Å². The number of aliphatic hydroxyl groups excluding tert-OH is 2. The van der Waals surface area contributed by atoms with Gasteiger partial charge >= 0.3 is 0 Å². The Balaban J connectivity index is 0.000000408. The zero-order valence-electron chi connectivity index (χ0n) is 26.6. The first-order valence-electron chi connectivity index (χ1n) is 14.4. The second-order valence-electron chi connectivity index (χ2n) is 6.38. The molecule has 0 fully saturated rings. The van der Waals surface area contributed by atoms with Crippen molar-refractivity contribution in [3.8, 4) is 0 Å². The first-order chi connectivity index (χ1) is 19.8. The fourth-order valence-electron chi connectivity index (χ4n) is 2.84. The molecule has 0 spiro atoms. The molecule has 0 aliphatic rings. The molecule has 4 aromatic rings. The largest absolute Gasteiger partial charge is 0.384 e. The molecule has 0 aliphatic carbocycles. The molecule has 2 atom stereocenters.